The van der Waals surface area contributed by atoms with E-state index in [9.17, 15) is 0 Å². The highest BCUT2D eigenvalue weighted by molar-refractivity contribution is 5.93. The smallest absolute Gasteiger partial charge is 0.163 e. The zero-order valence-corrected chi connectivity index (χ0v) is 17.9. The molecule has 32 heavy (non-hydrogen) atoms. The molecule has 0 unspecified atom stereocenters. The molecule has 0 saturated heterocycles. The van der Waals surface area contributed by atoms with Crippen molar-refractivity contribution in [2.75, 3.05) is 46.0 Å². The fraction of sp³-hybridized carbons (Fsp3) is 0.273. The number of hydrogen-bond donors (Lipinski definition) is 2. The zero-order valence-electron chi connectivity index (χ0n) is 17.9. The fourth-order valence-electron chi connectivity index (χ4n) is 3.09. The van der Waals surface area contributed by atoms with Crippen LogP contribution in [0.25, 0.3) is 22.2 Å². The highest BCUT2D eigenvalue weighted by atomic mass is 16.5. The Labute approximate surface area is 184 Å². The van der Waals surface area contributed by atoms with Crippen LogP contribution in [0.15, 0.2) is 48.9 Å². The number of ether oxygens (including phenoxy) is 4. The number of aromatic nitrogens is 5. The summed E-state index contributed by atoms with van der Waals surface area (Å²) < 4.78 is 21.9. The van der Waals surface area contributed by atoms with Gasteiger partial charge in [0.25, 0.3) is 0 Å². The van der Waals surface area contributed by atoms with Gasteiger partial charge in [-0.1, -0.05) is 12.1 Å². The Hall–Kier alpha value is -3.76. The highest BCUT2D eigenvalue weighted by Crippen LogP contribution is 2.35. The average molecular weight is 436 g/mol. The minimum Gasteiger partial charge on any atom is -0.487 e. The predicted molar refractivity (Wildman–Crippen MR) is 119 cm³/mol. The van der Waals surface area contributed by atoms with Crippen molar-refractivity contribution in [3.63, 3.8) is 0 Å². The number of rotatable bonds is 11. The molecular weight excluding hydrogens is 412 g/mol. The lowest BCUT2D eigenvalue weighted by Crippen LogP contribution is -2.09. The number of hydrogen-bond acceptors (Lipinski definition) is 9. The summed E-state index contributed by atoms with van der Waals surface area (Å²) in [5.41, 5.74) is 3.27. The molecule has 10 heteroatoms. The summed E-state index contributed by atoms with van der Waals surface area (Å²) in [5.74, 6) is 1.82. The van der Waals surface area contributed by atoms with E-state index >= 15 is 0 Å². The Bertz CT molecular complexity index is 1150. The molecule has 2 aromatic heterocycles. The van der Waals surface area contributed by atoms with Crippen LogP contribution in [0.1, 0.15) is 0 Å². The first-order valence-electron chi connectivity index (χ1n) is 10.0. The molecule has 0 amide bonds. The van der Waals surface area contributed by atoms with Crippen LogP contribution >= 0.6 is 0 Å². The maximum atomic E-state index is 5.90. The van der Waals surface area contributed by atoms with Gasteiger partial charge in [0.1, 0.15) is 31.1 Å². The van der Waals surface area contributed by atoms with E-state index in [-0.39, 0.29) is 0 Å². The van der Waals surface area contributed by atoms with E-state index in [0.29, 0.717) is 43.7 Å². The van der Waals surface area contributed by atoms with Crippen LogP contribution in [0.4, 0.5) is 11.5 Å². The molecule has 0 fully saturated rings. The van der Waals surface area contributed by atoms with Crippen LogP contribution in [-0.2, 0) is 9.47 Å². The van der Waals surface area contributed by atoms with E-state index < -0.39 is 0 Å². The predicted octanol–water partition coefficient (Wildman–Crippen LogP) is 3.21. The molecular formula is C22H24N6O4. The molecule has 0 aliphatic rings. The van der Waals surface area contributed by atoms with Crippen molar-refractivity contribution in [2.24, 2.45) is 0 Å². The Morgan fingerprint density at radius 2 is 1.69 bits per heavy atom. The second-order valence-corrected chi connectivity index (χ2v) is 6.78. The van der Waals surface area contributed by atoms with Crippen molar-refractivity contribution in [1.29, 1.82) is 0 Å². The summed E-state index contributed by atoms with van der Waals surface area (Å²) in [5, 5.41) is 14.8. The van der Waals surface area contributed by atoms with Gasteiger partial charge in [0.2, 0.25) is 0 Å². The number of benzene rings is 2. The third-order valence-corrected chi connectivity index (χ3v) is 4.63. The highest BCUT2D eigenvalue weighted by Gasteiger charge is 2.13. The van der Waals surface area contributed by atoms with Crippen molar-refractivity contribution < 1.29 is 18.9 Å². The van der Waals surface area contributed by atoms with Gasteiger partial charge in [-0.05, 0) is 18.2 Å². The number of anilines is 2. The largest absolute Gasteiger partial charge is 0.487 e. The molecule has 10 nitrogen and oxygen atoms in total. The SMILES string of the molecule is COCCOc1cc2ncnc(Nc3cccc(-c4cn[nH]n4)c3)c2cc1OCCOC. The van der Waals surface area contributed by atoms with Gasteiger partial charge in [0.05, 0.1) is 24.9 Å². The molecule has 2 aromatic carbocycles. The third kappa shape index (κ3) is 5.10. The van der Waals surface area contributed by atoms with Crippen molar-refractivity contribution in [1.82, 2.24) is 25.4 Å². The van der Waals surface area contributed by atoms with Crippen LogP contribution in [0.3, 0.4) is 0 Å². The maximum absolute atomic E-state index is 5.90. The molecule has 4 rings (SSSR count). The van der Waals surface area contributed by atoms with Crippen LogP contribution in [0, 0.1) is 0 Å². The summed E-state index contributed by atoms with van der Waals surface area (Å²) >= 11 is 0. The van der Waals surface area contributed by atoms with E-state index in [2.05, 4.69) is 30.7 Å². The summed E-state index contributed by atoms with van der Waals surface area (Å²) in [6, 6.07) is 11.5. The molecule has 0 atom stereocenters. The zero-order chi connectivity index (χ0) is 22.2. The molecule has 166 valence electrons. The van der Waals surface area contributed by atoms with E-state index in [0.717, 1.165) is 27.8 Å². The molecule has 2 heterocycles. The van der Waals surface area contributed by atoms with Crippen molar-refractivity contribution in [3.05, 3.63) is 48.9 Å². The van der Waals surface area contributed by atoms with Gasteiger partial charge in [-0.15, -0.1) is 0 Å². The second-order valence-electron chi connectivity index (χ2n) is 6.78. The molecule has 2 N–H and O–H groups in total. The molecule has 0 spiro atoms. The van der Waals surface area contributed by atoms with Gasteiger partial charge in [-0.25, -0.2) is 9.97 Å². The van der Waals surface area contributed by atoms with Crippen molar-refractivity contribution in [3.8, 4) is 22.8 Å². The number of aromatic amines is 1. The number of methoxy groups -OCH3 is 2. The van der Waals surface area contributed by atoms with Gasteiger partial charge >= 0.3 is 0 Å². The summed E-state index contributed by atoms with van der Waals surface area (Å²) in [4.78, 5) is 8.84. The summed E-state index contributed by atoms with van der Waals surface area (Å²) in [6.07, 6.45) is 3.18. The molecule has 0 radical (unpaired) electrons. The molecule has 0 aliphatic heterocycles. The van der Waals surface area contributed by atoms with Gasteiger partial charge in [0, 0.05) is 36.9 Å². The van der Waals surface area contributed by atoms with E-state index in [1.54, 1.807) is 20.4 Å². The number of fused-ring (bicyclic) bond motifs is 1. The van der Waals surface area contributed by atoms with Gasteiger partial charge in [-0.3, -0.25) is 0 Å². The Morgan fingerprint density at radius 3 is 2.41 bits per heavy atom. The molecule has 0 saturated carbocycles. The van der Waals surface area contributed by atoms with Crippen LogP contribution in [-0.4, -0.2) is 66.0 Å². The normalized spacial score (nSPS) is 10.9. The topological polar surface area (TPSA) is 116 Å². The lowest BCUT2D eigenvalue weighted by atomic mass is 10.1. The van der Waals surface area contributed by atoms with E-state index in [1.165, 1.54) is 6.33 Å². The Morgan fingerprint density at radius 1 is 0.906 bits per heavy atom. The first-order valence-corrected chi connectivity index (χ1v) is 10.0. The van der Waals surface area contributed by atoms with Crippen LogP contribution < -0.4 is 14.8 Å². The number of H-pyrrole nitrogens is 1. The average Bonchev–Trinajstić information content (AvgIpc) is 3.35. The number of nitrogens with zero attached hydrogens (tertiary/aromatic N) is 4. The quantitative estimate of drug-likeness (QED) is 0.342. The van der Waals surface area contributed by atoms with Gasteiger partial charge < -0.3 is 24.3 Å². The maximum Gasteiger partial charge on any atom is 0.163 e. The first kappa shape index (κ1) is 21.5. The molecule has 4 aromatic rings. The lowest BCUT2D eigenvalue weighted by Gasteiger charge is -2.15. The van der Waals surface area contributed by atoms with E-state index in [4.69, 9.17) is 18.9 Å². The standard InChI is InChI=1S/C22H24N6O4/c1-29-6-8-31-20-11-17-18(12-21(20)32-9-7-30-2)23-14-24-22(17)26-16-5-3-4-15(10-16)19-13-25-28-27-19/h3-5,10-14H,6-9H2,1-2H3,(H,23,24,26)(H,25,27,28). The van der Waals surface area contributed by atoms with E-state index in [1.807, 2.05) is 36.4 Å². The number of nitrogens with one attached hydrogen (secondary N) is 2. The first-order chi connectivity index (χ1) is 15.8. The minimum atomic E-state index is 0.388. The van der Waals surface area contributed by atoms with Gasteiger partial charge in [-0.2, -0.15) is 15.4 Å². The summed E-state index contributed by atoms with van der Waals surface area (Å²) in [6.45, 7) is 1.71. The lowest BCUT2D eigenvalue weighted by molar-refractivity contribution is 0.132. The second kappa shape index (κ2) is 10.5. The van der Waals surface area contributed by atoms with Crippen molar-refractivity contribution >= 4 is 22.4 Å². The van der Waals surface area contributed by atoms with Gasteiger partial charge in [0.15, 0.2) is 11.5 Å². The molecule has 0 aliphatic carbocycles. The van der Waals surface area contributed by atoms with Crippen LogP contribution in [0.5, 0.6) is 11.5 Å². The third-order valence-electron chi connectivity index (χ3n) is 4.63. The minimum absolute atomic E-state index is 0.388. The monoisotopic (exact) mass is 436 g/mol. The van der Waals surface area contributed by atoms with Crippen molar-refractivity contribution in [2.45, 2.75) is 0 Å². The van der Waals surface area contributed by atoms with Crippen LogP contribution in [0.2, 0.25) is 0 Å². The Balaban J connectivity index is 1.66. The summed E-state index contributed by atoms with van der Waals surface area (Å²) in [7, 11) is 3.26. The molecule has 0 bridgehead atoms. The fourth-order valence-corrected chi connectivity index (χ4v) is 3.09. The Kier molecular flexibility index (Phi) is 7.05.